The molecule has 106 valence electrons. The highest BCUT2D eigenvalue weighted by atomic mass is 32.2. The number of aliphatic hydroxyl groups excluding tert-OH is 1. The Hall–Kier alpha value is -1.91. The number of para-hydroxylation sites is 1. The van der Waals surface area contributed by atoms with Gasteiger partial charge in [0.2, 0.25) is 0 Å². The summed E-state index contributed by atoms with van der Waals surface area (Å²) < 4.78 is 0. The SMILES string of the molecule is Cc1ccnc2c(SCc3cccc(CO)n3)cccc12. The molecule has 0 atom stereocenters. The maximum Gasteiger partial charge on any atom is 0.0853 e. The molecule has 3 nitrogen and oxygen atoms in total. The maximum absolute atomic E-state index is 9.14. The molecule has 0 bridgehead atoms. The van der Waals surface area contributed by atoms with Crippen LogP contribution in [0.1, 0.15) is 17.0 Å². The van der Waals surface area contributed by atoms with Crippen molar-refractivity contribution in [3.63, 3.8) is 0 Å². The molecule has 0 radical (unpaired) electrons. The Morgan fingerprint density at radius 1 is 1.05 bits per heavy atom. The van der Waals surface area contributed by atoms with Gasteiger partial charge in [-0.15, -0.1) is 11.8 Å². The molecule has 0 amide bonds. The zero-order valence-corrected chi connectivity index (χ0v) is 12.6. The second-order valence-electron chi connectivity index (χ2n) is 4.85. The van der Waals surface area contributed by atoms with Crippen molar-refractivity contribution in [2.75, 3.05) is 0 Å². The normalized spacial score (nSPS) is 11.0. The van der Waals surface area contributed by atoms with Crippen LogP contribution < -0.4 is 0 Å². The molecule has 0 unspecified atom stereocenters. The highest BCUT2D eigenvalue weighted by molar-refractivity contribution is 7.98. The van der Waals surface area contributed by atoms with Crippen molar-refractivity contribution in [2.24, 2.45) is 0 Å². The van der Waals surface area contributed by atoms with Crippen molar-refractivity contribution in [2.45, 2.75) is 24.2 Å². The van der Waals surface area contributed by atoms with Crippen molar-refractivity contribution in [1.29, 1.82) is 0 Å². The molecular weight excluding hydrogens is 280 g/mol. The van der Waals surface area contributed by atoms with Gasteiger partial charge in [0.1, 0.15) is 0 Å². The fourth-order valence-corrected chi connectivity index (χ4v) is 3.19. The molecule has 0 aliphatic carbocycles. The van der Waals surface area contributed by atoms with Crippen LogP contribution in [0.4, 0.5) is 0 Å². The van der Waals surface area contributed by atoms with Crippen molar-refractivity contribution in [3.8, 4) is 0 Å². The van der Waals surface area contributed by atoms with Crippen LogP contribution in [0.15, 0.2) is 53.6 Å². The molecule has 0 saturated carbocycles. The van der Waals surface area contributed by atoms with Gasteiger partial charge in [0, 0.05) is 22.2 Å². The van der Waals surface area contributed by atoms with Crippen molar-refractivity contribution in [3.05, 3.63) is 65.6 Å². The second kappa shape index (κ2) is 6.24. The fraction of sp³-hybridized carbons (Fsp3) is 0.176. The zero-order chi connectivity index (χ0) is 14.7. The van der Waals surface area contributed by atoms with E-state index in [1.165, 1.54) is 10.9 Å². The van der Waals surface area contributed by atoms with Gasteiger partial charge in [-0.2, -0.15) is 0 Å². The van der Waals surface area contributed by atoms with E-state index in [9.17, 15) is 0 Å². The molecule has 0 fully saturated rings. The fourth-order valence-electron chi connectivity index (χ4n) is 2.25. The number of rotatable bonds is 4. The quantitative estimate of drug-likeness (QED) is 0.745. The van der Waals surface area contributed by atoms with Gasteiger partial charge < -0.3 is 5.11 Å². The predicted octanol–water partition coefficient (Wildman–Crippen LogP) is 3.72. The second-order valence-corrected chi connectivity index (χ2v) is 5.86. The number of nitrogens with zero attached hydrogens (tertiary/aromatic N) is 2. The third-order valence-corrected chi connectivity index (χ3v) is 4.43. The summed E-state index contributed by atoms with van der Waals surface area (Å²) >= 11 is 1.72. The van der Waals surface area contributed by atoms with E-state index in [2.05, 4.69) is 35.1 Å². The molecule has 0 saturated heterocycles. The first kappa shape index (κ1) is 14.0. The number of aryl methyl sites for hydroxylation is 1. The standard InChI is InChI=1S/C17H16N2OS/c1-12-8-9-18-17-15(12)6-3-7-16(17)21-11-14-5-2-4-13(10-20)19-14/h2-9,20H,10-11H2,1H3. The van der Waals surface area contributed by atoms with Crippen molar-refractivity contribution in [1.82, 2.24) is 9.97 Å². The first-order valence-electron chi connectivity index (χ1n) is 6.81. The smallest absolute Gasteiger partial charge is 0.0853 e. The van der Waals surface area contributed by atoms with Crippen LogP contribution in [0.5, 0.6) is 0 Å². The van der Waals surface area contributed by atoms with E-state index in [1.807, 2.05) is 30.5 Å². The van der Waals surface area contributed by atoms with Crippen LogP contribution in [-0.4, -0.2) is 15.1 Å². The van der Waals surface area contributed by atoms with E-state index in [0.29, 0.717) is 5.69 Å². The molecule has 0 aliphatic rings. The molecule has 1 N–H and O–H groups in total. The summed E-state index contributed by atoms with van der Waals surface area (Å²) in [5, 5.41) is 10.3. The Labute approximate surface area is 128 Å². The lowest BCUT2D eigenvalue weighted by Crippen LogP contribution is -1.93. The third-order valence-electron chi connectivity index (χ3n) is 3.35. The lowest BCUT2D eigenvalue weighted by Gasteiger charge is -2.07. The van der Waals surface area contributed by atoms with E-state index in [1.54, 1.807) is 11.8 Å². The Morgan fingerprint density at radius 3 is 2.71 bits per heavy atom. The minimum Gasteiger partial charge on any atom is -0.390 e. The number of pyridine rings is 2. The lowest BCUT2D eigenvalue weighted by molar-refractivity contribution is 0.276. The van der Waals surface area contributed by atoms with Crippen LogP contribution in [0.25, 0.3) is 10.9 Å². The molecule has 2 aromatic heterocycles. The first-order chi connectivity index (χ1) is 10.3. The van der Waals surface area contributed by atoms with Crippen molar-refractivity contribution < 1.29 is 5.11 Å². The molecule has 0 spiro atoms. The highest BCUT2D eigenvalue weighted by Gasteiger charge is 2.06. The molecule has 2 heterocycles. The topological polar surface area (TPSA) is 46.0 Å². The molecule has 3 aromatic rings. The van der Waals surface area contributed by atoms with Gasteiger partial charge in [0.25, 0.3) is 0 Å². The van der Waals surface area contributed by atoms with E-state index in [-0.39, 0.29) is 6.61 Å². The summed E-state index contributed by atoms with van der Waals surface area (Å²) in [5.41, 5.74) is 3.96. The van der Waals surface area contributed by atoms with Crippen LogP contribution in [-0.2, 0) is 12.4 Å². The average Bonchev–Trinajstić information content (AvgIpc) is 2.53. The van der Waals surface area contributed by atoms with Crippen LogP contribution in [0.2, 0.25) is 0 Å². The maximum atomic E-state index is 9.14. The van der Waals surface area contributed by atoms with E-state index < -0.39 is 0 Å². The predicted molar refractivity (Wildman–Crippen MR) is 86.2 cm³/mol. The number of benzene rings is 1. The molecule has 21 heavy (non-hydrogen) atoms. The van der Waals surface area contributed by atoms with Gasteiger partial charge in [0.05, 0.1) is 23.5 Å². The number of hydrogen-bond acceptors (Lipinski definition) is 4. The summed E-state index contributed by atoms with van der Waals surface area (Å²) in [6, 6.07) is 14.0. The van der Waals surface area contributed by atoms with Crippen molar-refractivity contribution >= 4 is 22.7 Å². The Morgan fingerprint density at radius 2 is 1.86 bits per heavy atom. The van der Waals surface area contributed by atoms with Crippen LogP contribution in [0, 0.1) is 6.92 Å². The molecular formula is C17H16N2OS. The molecule has 4 heteroatoms. The number of hydrogen-bond donors (Lipinski definition) is 1. The highest BCUT2D eigenvalue weighted by Crippen LogP contribution is 2.29. The lowest BCUT2D eigenvalue weighted by atomic mass is 10.1. The first-order valence-corrected chi connectivity index (χ1v) is 7.79. The summed E-state index contributed by atoms with van der Waals surface area (Å²) in [6.07, 6.45) is 1.85. The van der Waals surface area contributed by atoms with Crippen LogP contribution >= 0.6 is 11.8 Å². The minimum absolute atomic E-state index is 0.0203. The van der Waals surface area contributed by atoms with Gasteiger partial charge in [-0.25, -0.2) is 0 Å². The minimum atomic E-state index is -0.0203. The summed E-state index contributed by atoms with van der Waals surface area (Å²) in [7, 11) is 0. The van der Waals surface area contributed by atoms with Gasteiger partial charge >= 0.3 is 0 Å². The van der Waals surface area contributed by atoms with Gasteiger partial charge in [-0.3, -0.25) is 9.97 Å². The number of aliphatic hydroxyl groups is 1. The van der Waals surface area contributed by atoms with Crippen LogP contribution in [0.3, 0.4) is 0 Å². The summed E-state index contributed by atoms with van der Waals surface area (Å²) in [4.78, 5) is 10.1. The number of thioether (sulfide) groups is 1. The zero-order valence-electron chi connectivity index (χ0n) is 11.8. The van der Waals surface area contributed by atoms with E-state index >= 15 is 0 Å². The summed E-state index contributed by atoms with van der Waals surface area (Å²) in [6.45, 7) is 2.08. The van der Waals surface area contributed by atoms with E-state index in [0.717, 1.165) is 21.9 Å². The largest absolute Gasteiger partial charge is 0.390 e. The summed E-state index contributed by atoms with van der Waals surface area (Å²) in [5.74, 6) is 0.766. The van der Waals surface area contributed by atoms with Gasteiger partial charge in [0.15, 0.2) is 0 Å². The average molecular weight is 296 g/mol. The Balaban J connectivity index is 1.87. The molecule has 3 rings (SSSR count). The molecule has 1 aromatic carbocycles. The van der Waals surface area contributed by atoms with Gasteiger partial charge in [-0.05, 0) is 36.8 Å². The third kappa shape index (κ3) is 3.06. The Bertz CT molecular complexity index is 774. The number of aromatic nitrogens is 2. The number of fused-ring (bicyclic) bond motifs is 1. The van der Waals surface area contributed by atoms with Gasteiger partial charge in [-0.1, -0.05) is 18.2 Å². The molecule has 0 aliphatic heterocycles. The Kier molecular flexibility index (Phi) is 4.18. The monoisotopic (exact) mass is 296 g/mol. The van der Waals surface area contributed by atoms with E-state index in [4.69, 9.17) is 5.11 Å².